The monoisotopic (exact) mass is 209 g/mol. The molecule has 0 fully saturated rings. The van der Waals surface area contributed by atoms with Gasteiger partial charge in [-0.15, -0.1) is 0 Å². The molecule has 1 aromatic rings. The molecule has 0 radical (unpaired) electrons. The highest BCUT2D eigenvalue weighted by Crippen LogP contribution is 2.21. The van der Waals surface area contributed by atoms with Crippen LogP contribution in [0.5, 0.6) is 0 Å². The number of hydrogen-bond acceptors (Lipinski definition) is 2. The third kappa shape index (κ3) is 2.47. The van der Waals surface area contributed by atoms with E-state index >= 15 is 0 Å². The summed E-state index contributed by atoms with van der Waals surface area (Å²) in [4.78, 5) is 12.3. The van der Waals surface area contributed by atoms with Crippen LogP contribution < -0.4 is 4.90 Å². The van der Waals surface area contributed by atoms with Crippen molar-refractivity contribution in [1.29, 1.82) is 0 Å². The summed E-state index contributed by atoms with van der Waals surface area (Å²) >= 11 is 0. The van der Waals surface area contributed by atoms with Gasteiger partial charge in [-0.25, -0.2) is 4.79 Å². The number of anilines is 1. The van der Waals surface area contributed by atoms with E-state index in [0.717, 1.165) is 5.56 Å². The smallest absolute Gasteiger partial charge is 0.413 e. The number of rotatable bonds is 3. The molecule has 15 heavy (non-hydrogen) atoms. The Hall–Kier alpha value is -1.55. The van der Waals surface area contributed by atoms with Crippen LogP contribution in [0, 0.1) is 6.92 Å². The lowest BCUT2D eigenvalue weighted by atomic mass is 10.2. The van der Waals surface area contributed by atoms with E-state index in [2.05, 4.69) is 0 Å². The summed E-state index contributed by atoms with van der Waals surface area (Å²) in [6, 6.07) is 7.31. The Balaban J connectivity index is 3.10. The minimum Gasteiger partial charge on any atom is -0.465 e. The number of benzene rings is 1. The van der Waals surface area contributed by atoms with Gasteiger partial charge in [0.2, 0.25) is 0 Å². The quantitative estimate of drug-likeness (QED) is 0.778. The van der Waals surface area contributed by atoms with Crippen molar-refractivity contribution in [3.05, 3.63) is 29.8 Å². The Morgan fingerprint density at radius 1 is 1.47 bits per heavy atom. The fraction of sp³-hybridized carbons (Fsp3) is 0.364. The SMILES string of the molecule is COC(C)N(C(=O)O)c1ccccc1C. The van der Waals surface area contributed by atoms with Crippen LogP contribution in [0.4, 0.5) is 10.5 Å². The second-order valence-corrected chi connectivity index (χ2v) is 3.27. The second-order valence-electron chi connectivity index (χ2n) is 3.27. The molecule has 0 spiro atoms. The standard InChI is InChI=1S/C11H15NO3/c1-8-6-4-5-7-10(8)12(11(13)14)9(2)15-3/h4-7,9H,1-3H3,(H,13,14). The van der Waals surface area contributed by atoms with Crippen LogP contribution in [0.25, 0.3) is 0 Å². The Bertz CT molecular complexity index is 351. The van der Waals surface area contributed by atoms with Crippen molar-refractivity contribution in [3.63, 3.8) is 0 Å². The molecule has 1 unspecified atom stereocenters. The lowest BCUT2D eigenvalue weighted by Crippen LogP contribution is -2.39. The minimum absolute atomic E-state index is 0.497. The number of carboxylic acid groups (broad SMARTS) is 1. The first-order valence-corrected chi connectivity index (χ1v) is 4.68. The minimum atomic E-state index is -1.02. The zero-order valence-corrected chi connectivity index (χ0v) is 9.10. The molecule has 0 aliphatic heterocycles. The summed E-state index contributed by atoms with van der Waals surface area (Å²) in [7, 11) is 1.48. The molecule has 0 aliphatic carbocycles. The molecule has 0 saturated heterocycles. The third-order valence-electron chi connectivity index (χ3n) is 2.29. The zero-order valence-electron chi connectivity index (χ0n) is 9.10. The summed E-state index contributed by atoms with van der Waals surface area (Å²) in [5.41, 5.74) is 1.56. The molecule has 0 bridgehead atoms. The van der Waals surface area contributed by atoms with Gasteiger partial charge in [0.25, 0.3) is 0 Å². The number of carbonyl (C=O) groups is 1. The van der Waals surface area contributed by atoms with Crippen LogP contribution in [-0.4, -0.2) is 24.5 Å². The second kappa shape index (κ2) is 4.79. The lowest BCUT2D eigenvalue weighted by molar-refractivity contribution is 0.108. The van der Waals surface area contributed by atoms with Gasteiger partial charge in [0, 0.05) is 7.11 Å². The highest BCUT2D eigenvalue weighted by molar-refractivity contribution is 5.87. The Morgan fingerprint density at radius 3 is 2.53 bits per heavy atom. The van der Waals surface area contributed by atoms with Crippen molar-refractivity contribution < 1.29 is 14.6 Å². The van der Waals surface area contributed by atoms with Crippen LogP contribution in [0.15, 0.2) is 24.3 Å². The average Bonchev–Trinajstić information content (AvgIpc) is 2.20. The topological polar surface area (TPSA) is 49.8 Å². The van der Waals surface area contributed by atoms with Crippen molar-refractivity contribution in [2.24, 2.45) is 0 Å². The molecule has 1 aromatic carbocycles. The van der Waals surface area contributed by atoms with E-state index in [0.29, 0.717) is 5.69 Å². The van der Waals surface area contributed by atoms with E-state index in [1.165, 1.54) is 12.0 Å². The maximum Gasteiger partial charge on any atom is 0.413 e. The highest BCUT2D eigenvalue weighted by atomic mass is 16.5. The first-order valence-electron chi connectivity index (χ1n) is 4.68. The van der Waals surface area contributed by atoms with Crippen molar-refractivity contribution in [1.82, 2.24) is 0 Å². The fourth-order valence-corrected chi connectivity index (χ4v) is 1.39. The van der Waals surface area contributed by atoms with Gasteiger partial charge in [-0.05, 0) is 25.5 Å². The summed E-state index contributed by atoms with van der Waals surface area (Å²) in [6.45, 7) is 3.56. The maximum absolute atomic E-state index is 11.1. The third-order valence-corrected chi connectivity index (χ3v) is 2.29. The summed E-state index contributed by atoms with van der Waals surface area (Å²) in [5.74, 6) is 0. The highest BCUT2D eigenvalue weighted by Gasteiger charge is 2.21. The van der Waals surface area contributed by atoms with Gasteiger partial charge < -0.3 is 9.84 Å². The van der Waals surface area contributed by atoms with Crippen LogP contribution in [0.1, 0.15) is 12.5 Å². The molecule has 1 amide bonds. The van der Waals surface area contributed by atoms with Gasteiger partial charge in [0.1, 0.15) is 6.23 Å². The van der Waals surface area contributed by atoms with Crippen molar-refractivity contribution in [3.8, 4) is 0 Å². The molecule has 1 rings (SSSR count). The predicted octanol–water partition coefficient (Wildman–Crippen LogP) is 2.47. The van der Waals surface area contributed by atoms with E-state index in [4.69, 9.17) is 9.84 Å². The van der Waals surface area contributed by atoms with Crippen molar-refractivity contribution in [2.75, 3.05) is 12.0 Å². The number of ether oxygens (including phenoxy) is 1. The van der Waals surface area contributed by atoms with Crippen LogP contribution in [0.2, 0.25) is 0 Å². The van der Waals surface area contributed by atoms with Crippen LogP contribution in [-0.2, 0) is 4.74 Å². The Labute approximate surface area is 89.1 Å². The molecule has 1 N–H and O–H groups in total. The van der Waals surface area contributed by atoms with E-state index < -0.39 is 12.3 Å². The molecule has 0 saturated carbocycles. The average molecular weight is 209 g/mol. The van der Waals surface area contributed by atoms with Gasteiger partial charge in [0.05, 0.1) is 5.69 Å². The van der Waals surface area contributed by atoms with E-state index in [1.54, 1.807) is 19.1 Å². The summed E-state index contributed by atoms with van der Waals surface area (Å²) in [5, 5.41) is 9.10. The molecule has 1 atom stereocenters. The van der Waals surface area contributed by atoms with Gasteiger partial charge in [-0.2, -0.15) is 0 Å². The maximum atomic E-state index is 11.1. The Kier molecular flexibility index (Phi) is 3.68. The molecular formula is C11H15NO3. The number of para-hydroxylation sites is 1. The largest absolute Gasteiger partial charge is 0.465 e. The van der Waals surface area contributed by atoms with E-state index in [1.807, 2.05) is 19.1 Å². The van der Waals surface area contributed by atoms with Gasteiger partial charge in [-0.3, -0.25) is 4.90 Å². The van der Waals surface area contributed by atoms with Gasteiger partial charge in [0.15, 0.2) is 0 Å². The number of nitrogens with zero attached hydrogens (tertiary/aromatic N) is 1. The van der Waals surface area contributed by atoms with Gasteiger partial charge >= 0.3 is 6.09 Å². The molecule has 0 heterocycles. The van der Waals surface area contributed by atoms with E-state index in [9.17, 15) is 4.79 Å². The lowest BCUT2D eigenvalue weighted by Gasteiger charge is -2.26. The first kappa shape index (κ1) is 11.5. The summed E-state index contributed by atoms with van der Waals surface area (Å²) in [6.07, 6.45) is -1.51. The van der Waals surface area contributed by atoms with Gasteiger partial charge in [-0.1, -0.05) is 18.2 Å². The number of amides is 1. The number of hydrogen-bond donors (Lipinski definition) is 1. The molecule has 4 nitrogen and oxygen atoms in total. The van der Waals surface area contributed by atoms with Crippen LogP contribution in [0.3, 0.4) is 0 Å². The molecule has 4 heteroatoms. The molecule has 82 valence electrons. The summed E-state index contributed by atoms with van der Waals surface area (Å²) < 4.78 is 5.03. The van der Waals surface area contributed by atoms with Crippen molar-refractivity contribution in [2.45, 2.75) is 20.1 Å². The Morgan fingerprint density at radius 2 is 2.07 bits per heavy atom. The number of methoxy groups -OCH3 is 1. The number of aryl methyl sites for hydroxylation is 1. The zero-order chi connectivity index (χ0) is 11.4. The van der Waals surface area contributed by atoms with Crippen molar-refractivity contribution >= 4 is 11.8 Å². The van der Waals surface area contributed by atoms with E-state index in [-0.39, 0.29) is 0 Å². The predicted molar refractivity (Wildman–Crippen MR) is 58.2 cm³/mol. The normalized spacial score (nSPS) is 12.2. The first-order chi connectivity index (χ1) is 7.07. The molecule has 0 aliphatic rings. The fourth-order valence-electron chi connectivity index (χ4n) is 1.39. The molecule has 0 aromatic heterocycles. The van der Waals surface area contributed by atoms with Crippen LogP contribution >= 0.6 is 0 Å². The molecular weight excluding hydrogens is 194 g/mol.